The molecular weight excluding hydrogens is 297 g/mol. The van der Waals surface area contributed by atoms with Crippen LogP contribution in [-0.2, 0) is 11.0 Å². The van der Waals surface area contributed by atoms with Crippen molar-refractivity contribution in [1.82, 2.24) is 0 Å². The lowest BCUT2D eigenvalue weighted by Gasteiger charge is -2.08. The third-order valence-electron chi connectivity index (χ3n) is 2.21. The van der Waals surface area contributed by atoms with E-state index in [4.69, 9.17) is 11.6 Å². The van der Waals surface area contributed by atoms with E-state index in [9.17, 15) is 18.0 Å². The van der Waals surface area contributed by atoms with Crippen LogP contribution in [0.4, 0.5) is 13.2 Å². The molecule has 0 spiro atoms. The summed E-state index contributed by atoms with van der Waals surface area (Å²) in [6.07, 6.45) is -0.538. The van der Waals surface area contributed by atoms with Crippen LogP contribution in [0.3, 0.4) is 0 Å². The first-order valence-electron chi connectivity index (χ1n) is 5.47. The Morgan fingerprint density at radius 1 is 1.42 bits per heavy atom. The highest BCUT2D eigenvalue weighted by Gasteiger charge is 2.30. The Hall–Kier alpha value is -0.940. The van der Waals surface area contributed by atoms with Gasteiger partial charge >= 0.3 is 6.18 Å². The molecule has 0 atom stereocenters. The average Bonchev–Trinajstić information content (AvgIpc) is 2.29. The Morgan fingerprint density at radius 2 is 2.11 bits per heavy atom. The van der Waals surface area contributed by atoms with Crippen molar-refractivity contribution < 1.29 is 18.0 Å². The second-order valence-corrected chi connectivity index (χ2v) is 5.44. The SMILES string of the molecule is CC(=O)SCCC=Cc1cc(C(F)(F)F)ccc1Cl. The molecule has 1 aromatic rings. The molecule has 19 heavy (non-hydrogen) atoms. The fourth-order valence-electron chi connectivity index (χ4n) is 1.33. The van der Waals surface area contributed by atoms with Crippen molar-refractivity contribution in [1.29, 1.82) is 0 Å². The summed E-state index contributed by atoms with van der Waals surface area (Å²) in [6.45, 7) is 1.47. The van der Waals surface area contributed by atoms with E-state index in [0.717, 1.165) is 12.1 Å². The van der Waals surface area contributed by atoms with E-state index >= 15 is 0 Å². The molecule has 0 saturated carbocycles. The lowest BCUT2D eigenvalue weighted by molar-refractivity contribution is -0.137. The van der Waals surface area contributed by atoms with Gasteiger partial charge in [0.25, 0.3) is 0 Å². The molecule has 0 aromatic heterocycles. The summed E-state index contributed by atoms with van der Waals surface area (Å²) < 4.78 is 37.6. The second-order valence-electron chi connectivity index (χ2n) is 3.77. The molecule has 0 bridgehead atoms. The summed E-state index contributed by atoms with van der Waals surface area (Å²) in [6, 6.07) is 3.19. The summed E-state index contributed by atoms with van der Waals surface area (Å²) in [5, 5.41) is 0.286. The highest BCUT2D eigenvalue weighted by molar-refractivity contribution is 8.13. The maximum absolute atomic E-state index is 12.5. The van der Waals surface area contributed by atoms with Crippen molar-refractivity contribution in [2.75, 3.05) is 5.75 Å². The van der Waals surface area contributed by atoms with E-state index in [1.165, 1.54) is 30.8 Å². The number of thioether (sulfide) groups is 1. The van der Waals surface area contributed by atoms with Crippen LogP contribution < -0.4 is 0 Å². The Labute approximate surface area is 118 Å². The summed E-state index contributed by atoms with van der Waals surface area (Å²) in [4.78, 5) is 10.7. The van der Waals surface area contributed by atoms with Crippen LogP contribution in [0.5, 0.6) is 0 Å². The van der Waals surface area contributed by atoms with Crippen molar-refractivity contribution in [2.45, 2.75) is 19.5 Å². The highest BCUT2D eigenvalue weighted by Crippen LogP contribution is 2.32. The van der Waals surface area contributed by atoms with Gasteiger partial charge in [0, 0.05) is 17.7 Å². The van der Waals surface area contributed by atoms with E-state index in [0.29, 0.717) is 17.7 Å². The molecule has 0 heterocycles. The van der Waals surface area contributed by atoms with Crippen molar-refractivity contribution in [3.8, 4) is 0 Å². The van der Waals surface area contributed by atoms with Gasteiger partial charge in [0.1, 0.15) is 0 Å². The molecule has 1 aromatic carbocycles. The van der Waals surface area contributed by atoms with Crippen molar-refractivity contribution in [3.05, 3.63) is 40.4 Å². The van der Waals surface area contributed by atoms with Crippen molar-refractivity contribution in [3.63, 3.8) is 0 Å². The maximum atomic E-state index is 12.5. The Bertz CT molecular complexity index is 483. The van der Waals surface area contributed by atoms with E-state index in [1.807, 2.05) is 0 Å². The van der Waals surface area contributed by atoms with Gasteiger partial charge in [-0.25, -0.2) is 0 Å². The molecule has 0 radical (unpaired) electrons. The zero-order chi connectivity index (χ0) is 14.5. The molecular formula is C13H12ClF3OS. The molecule has 6 heteroatoms. The van der Waals surface area contributed by atoms with Crippen molar-refractivity contribution >= 4 is 34.6 Å². The molecule has 0 saturated heterocycles. The predicted molar refractivity (Wildman–Crippen MR) is 73.2 cm³/mol. The molecule has 104 valence electrons. The van der Waals surface area contributed by atoms with Gasteiger partial charge in [-0.2, -0.15) is 13.2 Å². The largest absolute Gasteiger partial charge is 0.416 e. The topological polar surface area (TPSA) is 17.1 Å². The first-order valence-corrected chi connectivity index (χ1v) is 6.83. The van der Waals surface area contributed by atoms with Gasteiger partial charge in [0.15, 0.2) is 5.12 Å². The molecule has 0 amide bonds. The lowest BCUT2D eigenvalue weighted by Crippen LogP contribution is -2.04. The first-order chi connectivity index (χ1) is 8.80. The third kappa shape index (κ3) is 5.70. The number of hydrogen-bond acceptors (Lipinski definition) is 2. The van der Waals surface area contributed by atoms with Gasteiger partial charge in [-0.15, -0.1) is 0 Å². The Kier molecular flexibility index (Phi) is 5.94. The van der Waals surface area contributed by atoms with Gasteiger partial charge in [-0.05, 0) is 30.2 Å². The van der Waals surface area contributed by atoms with E-state index in [-0.39, 0.29) is 10.1 Å². The summed E-state index contributed by atoms with van der Waals surface area (Å²) >= 11 is 7.01. The van der Waals surface area contributed by atoms with Crippen LogP contribution in [0.2, 0.25) is 5.02 Å². The molecule has 1 rings (SSSR count). The minimum Gasteiger partial charge on any atom is -0.288 e. The number of halogens is 4. The monoisotopic (exact) mass is 308 g/mol. The minimum absolute atomic E-state index is 0.0190. The van der Waals surface area contributed by atoms with E-state index in [1.54, 1.807) is 6.08 Å². The average molecular weight is 309 g/mol. The number of carbonyl (C=O) groups excluding carboxylic acids is 1. The first kappa shape index (κ1) is 16.1. The van der Waals surface area contributed by atoms with Crippen LogP contribution in [-0.4, -0.2) is 10.9 Å². The molecule has 1 nitrogen and oxygen atoms in total. The Balaban J connectivity index is 2.72. The summed E-state index contributed by atoms with van der Waals surface area (Å²) in [5.41, 5.74) is -0.404. The normalized spacial score (nSPS) is 12.1. The standard InChI is InChI=1S/C13H12ClF3OS/c1-9(18)19-7-3-2-4-10-8-11(13(15,16)17)5-6-12(10)14/h2,4-6,8H,3,7H2,1H3. The summed E-state index contributed by atoms with van der Waals surface area (Å²) in [7, 11) is 0. The maximum Gasteiger partial charge on any atom is 0.416 e. The molecule has 0 unspecified atom stereocenters. The number of rotatable bonds is 4. The predicted octanol–water partition coefficient (Wildman–Crippen LogP) is 5.04. The molecule has 0 aliphatic heterocycles. The molecule has 0 fully saturated rings. The van der Waals surface area contributed by atoms with Gasteiger partial charge in [-0.3, -0.25) is 4.79 Å². The number of carbonyl (C=O) groups is 1. The van der Waals surface area contributed by atoms with E-state index in [2.05, 4.69) is 0 Å². The molecule has 0 aliphatic rings. The van der Waals surface area contributed by atoms with Gasteiger partial charge in [0.2, 0.25) is 0 Å². The van der Waals surface area contributed by atoms with Crippen LogP contribution in [0, 0.1) is 0 Å². The van der Waals surface area contributed by atoms with Gasteiger partial charge < -0.3 is 0 Å². The molecule has 0 N–H and O–H groups in total. The Morgan fingerprint density at radius 3 is 2.68 bits per heavy atom. The number of hydrogen-bond donors (Lipinski definition) is 0. The quantitative estimate of drug-likeness (QED) is 0.725. The zero-order valence-electron chi connectivity index (χ0n) is 10.1. The van der Waals surface area contributed by atoms with Crippen LogP contribution in [0.1, 0.15) is 24.5 Å². The zero-order valence-corrected chi connectivity index (χ0v) is 11.7. The fourth-order valence-corrected chi connectivity index (χ4v) is 2.05. The van der Waals surface area contributed by atoms with Crippen LogP contribution in [0.15, 0.2) is 24.3 Å². The van der Waals surface area contributed by atoms with Gasteiger partial charge in [0.05, 0.1) is 5.56 Å². The highest BCUT2D eigenvalue weighted by atomic mass is 35.5. The number of alkyl halides is 3. The van der Waals surface area contributed by atoms with Gasteiger partial charge in [-0.1, -0.05) is 35.5 Å². The van der Waals surface area contributed by atoms with E-state index < -0.39 is 11.7 Å². The third-order valence-corrected chi connectivity index (χ3v) is 3.40. The smallest absolute Gasteiger partial charge is 0.288 e. The minimum atomic E-state index is -4.38. The summed E-state index contributed by atoms with van der Waals surface area (Å²) in [5.74, 6) is 0.600. The van der Waals surface area contributed by atoms with Crippen molar-refractivity contribution in [2.24, 2.45) is 0 Å². The van der Waals surface area contributed by atoms with Crippen LogP contribution in [0.25, 0.3) is 6.08 Å². The molecule has 0 aliphatic carbocycles. The number of benzene rings is 1. The number of allylic oxidation sites excluding steroid dienone is 1. The lowest BCUT2D eigenvalue weighted by atomic mass is 10.1. The fraction of sp³-hybridized carbons (Fsp3) is 0.308. The van der Waals surface area contributed by atoms with Crippen LogP contribution >= 0.6 is 23.4 Å². The second kappa shape index (κ2) is 7.01.